The number of amides is 1. The van der Waals surface area contributed by atoms with E-state index < -0.39 is 0 Å². The van der Waals surface area contributed by atoms with Crippen LogP contribution in [0.3, 0.4) is 0 Å². The average molecular weight is 289 g/mol. The number of rotatable bonds is 5. The van der Waals surface area contributed by atoms with E-state index in [1.54, 1.807) is 0 Å². The largest absolute Gasteiger partial charge is 0.382 e. The molecular weight excluding hydrogens is 262 g/mol. The molecule has 1 aliphatic heterocycles. The molecule has 2 N–H and O–H groups in total. The van der Waals surface area contributed by atoms with E-state index in [1.807, 2.05) is 31.2 Å². The minimum atomic E-state index is 0.0548. The lowest BCUT2D eigenvalue weighted by Gasteiger charge is -2.19. The van der Waals surface area contributed by atoms with Crippen LogP contribution >= 0.6 is 0 Å². The number of hydrogen-bond acceptors (Lipinski definition) is 3. The third kappa shape index (κ3) is 5.05. The van der Waals surface area contributed by atoms with Gasteiger partial charge in [-0.3, -0.25) is 4.79 Å². The fourth-order valence-electron chi connectivity index (χ4n) is 2.75. The van der Waals surface area contributed by atoms with Crippen LogP contribution < -0.4 is 10.6 Å². The van der Waals surface area contributed by atoms with Crippen molar-refractivity contribution in [3.63, 3.8) is 0 Å². The lowest BCUT2D eigenvalue weighted by atomic mass is 10.1. The number of nitrogens with zero attached hydrogens (tertiary/aromatic N) is 1. The van der Waals surface area contributed by atoms with E-state index in [0.29, 0.717) is 12.5 Å². The molecule has 1 saturated heterocycles. The fourth-order valence-corrected chi connectivity index (χ4v) is 2.75. The molecule has 0 radical (unpaired) electrons. The van der Waals surface area contributed by atoms with E-state index in [0.717, 1.165) is 17.9 Å². The highest BCUT2D eigenvalue weighted by atomic mass is 16.1. The molecule has 0 aromatic heterocycles. The molecule has 1 fully saturated rings. The number of carbonyl (C=O) groups excluding carboxylic acids is 1. The first-order valence-electron chi connectivity index (χ1n) is 8.10. The second-order valence-electron chi connectivity index (χ2n) is 5.69. The van der Waals surface area contributed by atoms with Gasteiger partial charge in [-0.15, -0.1) is 0 Å². The Morgan fingerprint density at radius 1 is 1.14 bits per heavy atom. The van der Waals surface area contributed by atoms with Gasteiger partial charge < -0.3 is 15.5 Å². The summed E-state index contributed by atoms with van der Waals surface area (Å²) >= 11 is 0. The normalized spacial score (nSPS) is 19.8. The first-order chi connectivity index (χ1) is 10.2. The van der Waals surface area contributed by atoms with Gasteiger partial charge in [0.05, 0.1) is 0 Å². The first kappa shape index (κ1) is 15.8. The highest BCUT2D eigenvalue weighted by Crippen LogP contribution is 2.19. The SMILES string of the molecule is CCC(=O)Nc1ccc(NC2CCCN(CC)CC2)cc1. The molecule has 1 atom stereocenters. The van der Waals surface area contributed by atoms with Gasteiger partial charge in [0.2, 0.25) is 5.91 Å². The van der Waals surface area contributed by atoms with Gasteiger partial charge in [0.25, 0.3) is 0 Å². The topological polar surface area (TPSA) is 44.4 Å². The van der Waals surface area contributed by atoms with E-state index in [-0.39, 0.29) is 5.91 Å². The second kappa shape index (κ2) is 8.03. The van der Waals surface area contributed by atoms with Crippen molar-refractivity contribution in [3.05, 3.63) is 24.3 Å². The number of carbonyl (C=O) groups is 1. The molecular formula is C17H27N3O. The quantitative estimate of drug-likeness (QED) is 0.874. The summed E-state index contributed by atoms with van der Waals surface area (Å²) in [6.45, 7) is 7.64. The van der Waals surface area contributed by atoms with Gasteiger partial charge in [0.15, 0.2) is 0 Å². The molecule has 4 nitrogen and oxygen atoms in total. The monoisotopic (exact) mass is 289 g/mol. The van der Waals surface area contributed by atoms with Crippen molar-refractivity contribution in [1.29, 1.82) is 0 Å². The van der Waals surface area contributed by atoms with Crippen molar-refractivity contribution in [1.82, 2.24) is 4.90 Å². The predicted octanol–water partition coefficient (Wildman–Crippen LogP) is 3.32. The van der Waals surface area contributed by atoms with Crippen molar-refractivity contribution in [2.24, 2.45) is 0 Å². The van der Waals surface area contributed by atoms with Crippen LogP contribution in [0.5, 0.6) is 0 Å². The Hall–Kier alpha value is -1.55. The zero-order valence-electron chi connectivity index (χ0n) is 13.2. The van der Waals surface area contributed by atoms with Gasteiger partial charge in [0, 0.05) is 30.4 Å². The molecule has 1 aliphatic rings. The van der Waals surface area contributed by atoms with E-state index in [4.69, 9.17) is 0 Å². The fraction of sp³-hybridized carbons (Fsp3) is 0.588. The molecule has 1 amide bonds. The van der Waals surface area contributed by atoms with Crippen LogP contribution in [-0.4, -0.2) is 36.5 Å². The molecule has 0 bridgehead atoms. The summed E-state index contributed by atoms with van der Waals surface area (Å²) in [7, 11) is 0. The molecule has 1 aromatic carbocycles. The number of anilines is 2. The maximum absolute atomic E-state index is 11.3. The molecule has 1 aromatic rings. The Kier molecular flexibility index (Phi) is 6.05. The minimum absolute atomic E-state index is 0.0548. The summed E-state index contributed by atoms with van der Waals surface area (Å²) in [5.41, 5.74) is 2.00. The molecule has 116 valence electrons. The standard InChI is InChI=1S/C17H27N3O/c1-3-17(21)19-16-9-7-15(8-10-16)18-14-6-5-12-20(4-2)13-11-14/h7-10,14,18H,3-6,11-13H2,1-2H3,(H,19,21). The van der Waals surface area contributed by atoms with Crippen LogP contribution in [0.1, 0.15) is 39.5 Å². The van der Waals surface area contributed by atoms with Crippen LogP contribution in [0, 0.1) is 0 Å². The number of nitrogens with one attached hydrogen (secondary N) is 2. The summed E-state index contributed by atoms with van der Waals surface area (Å²) in [5.74, 6) is 0.0548. The predicted molar refractivity (Wildman–Crippen MR) is 88.7 cm³/mol. The van der Waals surface area contributed by atoms with E-state index in [9.17, 15) is 4.79 Å². The smallest absolute Gasteiger partial charge is 0.224 e. The Morgan fingerprint density at radius 2 is 1.86 bits per heavy atom. The summed E-state index contributed by atoms with van der Waals surface area (Å²) in [5, 5.41) is 6.49. The molecule has 1 unspecified atom stereocenters. The van der Waals surface area contributed by atoms with Gasteiger partial charge in [-0.2, -0.15) is 0 Å². The molecule has 0 saturated carbocycles. The Labute approximate surface area is 127 Å². The van der Waals surface area contributed by atoms with Crippen LogP contribution in [0.4, 0.5) is 11.4 Å². The van der Waals surface area contributed by atoms with Crippen molar-refractivity contribution in [3.8, 4) is 0 Å². The zero-order chi connectivity index (χ0) is 15.1. The van der Waals surface area contributed by atoms with Gasteiger partial charge in [0.1, 0.15) is 0 Å². The minimum Gasteiger partial charge on any atom is -0.382 e. The Morgan fingerprint density at radius 3 is 2.52 bits per heavy atom. The van der Waals surface area contributed by atoms with Gasteiger partial charge in [-0.1, -0.05) is 13.8 Å². The van der Waals surface area contributed by atoms with Crippen LogP contribution in [0.15, 0.2) is 24.3 Å². The summed E-state index contributed by atoms with van der Waals surface area (Å²) in [6.07, 6.45) is 4.19. The molecule has 1 heterocycles. The maximum Gasteiger partial charge on any atom is 0.224 e. The molecule has 0 aliphatic carbocycles. The average Bonchev–Trinajstić information content (AvgIpc) is 2.74. The summed E-state index contributed by atoms with van der Waals surface area (Å²) in [4.78, 5) is 13.9. The lowest BCUT2D eigenvalue weighted by molar-refractivity contribution is -0.115. The van der Waals surface area contributed by atoms with Crippen molar-refractivity contribution >= 4 is 17.3 Å². The van der Waals surface area contributed by atoms with Gasteiger partial charge in [-0.05, 0) is 56.6 Å². The maximum atomic E-state index is 11.3. The number of benzene rings is 1. The first-order valence-corrected chi connectivity index (χ1v) is 8.10. The Bertz CT molecular complexity index is 444. The second-order valence-corrected chi connectivity index (χ2v) is 5.69. The van der Waals surface area contributed by atoms with Crippen molar-refractivity contribution < 1.29 is 4.79 Å². The van der Waals surface area contributed by atoms with Crippen LogP contribution in [0.2, 0.25) is 0 Å². The summed E-state index contributed by atoms with van der Waals surface area (Å²) < 4.78 is 0. The highest BCUT2D eigenvalue weighted by Gasteiger charge is 2.15. The molecule has 4 heteroatoms. The lowest BCUT2D eigenvalue weighted by Crippen LogP contribution is -2.26. The van der Waals surface area contributed by atoms with E-state index in [1.165, 1.54) is 32.4 Å². The number of likely N-dealkylation sites (tertiary alicyclic amines) is 1. The third-order valence-electron chi connectivity index (χ3n) is 4.13. The molecule has 0 spiro atoms. The zero-order valence-corrected chi connectivity index (χ0v) is 13.2. The molecule has 2 rings (SSSR count). The third-order valence-corrected chi connectivity index (χ3v) is 4.13. The van der Waals surface area contributed by atoms with E-state index in [2.05, 4.69) is 22.5 Å². The van der Waals surface area contributed by atoms with Crippen molar-refractivity contribution in [2.45, 2.75) is 45.6 Å². The van der Waals surface area contributed by atoms with Crippen LogP contribution in [-0.2, 0) is 4.79 Å². The van der Waals surface area contributed by atoms with Gasteiger partial charge in [-0.25, -0.2) is 0 Å². The van der Waals surface area contributed by atoms with Gasteiger partial charge >= 0.3 is 0 Å². The summed E-state index contributed by atoms with van der Waals surface area (Å²) in [6, 6.07) is 8.58. The Balaban J connectivity index is 1.86. The van der Waals surface area contributed by atoms with Crippen molar-refractivity contribution in [2.75, 3.05) is 30.3 Å². The molecule has 21 heavy (non-hydrogen) atoms. The number of hydrogen-bond donors (Lipinski definition) is 2. The highest BCUT2D eigenvalue weighted by molar-refractivity contribution is 5.90. The van der Waals surface area contributed by atoms with Crippen LogP contribution in [0.25, 0.3) is 0 Å². The van der Waals surface area contributed by atoms with E-state index >= 15 is 0 Å².